The Morgan fingerprint density at radius 3 is 2.80 bits per heavy atom. The van der Waals surface area contributed by atoms with E-state index in [1.165, 1.54) is 0 Å². The number of aliphatic hydroxyl groups is 1. The summed E-state index contributed by atoms with van der Waals surface area (Å²) in [7, 11) is 0. The molecule has 1 fully saturated rings. The highest BCUT2D eigenvalue weighted by molar-refractivity contribution is 5.88. The Morgan fingerprint density at radius 1 is 1.45 bits per heavy atom. The number of aromatic nitrogens is 3. The molecule has 1 aliphatic rings. The summed E-state index contributed by atoms with van der Waals surface area (Å²) in [6.07, 6.45) is 3.33. The Morgan fingerprint density at radius 2 is 2.15 bits per heavy atom. The van der Waals surface area contributed by atoms with Gasteiger partial charge in [0.05, 0.1) is 24.4 Å². The molecule has 1 N–H and O–H groups in total. The lowest BCUT2D eigenvalue weighted by Gasteiger charge is -2.28. The van der Waals surface area contributed by atoms with Gasteiger partial charge in [0.25, 0.3) is 0 Å². The monoisotopic (exact) mass is 281 g/mol. The minimum Gasteiger partial charge on any atom is -0.461 e. The number of aliphatic hydroxyl groups excluding tert-OH is 1. The molecule has 2 atom stereocenters. The largest absolute Gasteiger partial charge is 0.461 e. The molecule has 1 aliphatic carbocycles. The second kappa shape index (κ2) is 6.35. The van der Waals surface area contributed by atoms with Gasteiger partial charge in [0.1, 0.15) is 0 Å². The highest BCUT2D eigenvalue weighted by Crippen LogP contribution is 2.29. The molecular weight excluding hydrogens is 258 g/mol. The lowest BCUT2D eigenvalue weighted by Crippen LogP contribution is -2.29. The zero-order valence-electron chi connectivity index (χ0n) is 12.4. The summed E-state index contributed by atoms with van der Waals surface area (Å²) in [5.74, 6) is -0.151. The fourth-order valence-electron chi connectivity index (χ4n) is 2.53. The van der Waals surface area contributed by atoms with Gasteiger partial charge < -0.3 is 9.84 Å². The molecule has 2 unspecified atom stereocenters. The van der Waals surface area contributed by atoms with Crippen molar-refractivity contribution in [1.82, 2.24) is 15.0 Å². The molecule has 0 amide bonds. The molecule has 0 bridgehead atoms. The smallest absolute Gasteiger partial charge is 0.360 e. The first-order chi connectivity index (χ1) is 9.50. The predicted octanol–water partition coefficient (Wildman–Crippen LogP) is 1.88. The Labute approximate surface area is 119 Å². The number of carbonyl (C=O) groups excluding carboxylic acids is 1. The third-order valence-corrected chi connectivity index (χ3v) is 3.68. The number of nitrogens with zero attached hydrogens (tertiary/aromatic N) is 3. The van der Waals surface area contributed by atoms with Crippen molar-refractivity contribution in [3.63, 3.8) is 0 Å². The number of hydrogen-bond donors (Lipinski definition) is 1. The molecule has 1 aromatic heterocycles. The highest BCUT2D eigenvalue weighted by Gasteiger charge is 2.29. The maximum Gasteiger partial charge on any atom is 0.360 e. The van der Waals surface area contributed by atoms with E-state index in [1.807, 2.05) is 13.8 Å². The van der Waals surface area contributed by atoms with Crippen LogP contribution >= 0.6 is 0 Å². The van der Waals surface area contributed by atoms with E-state index in [0.29, 0.717) is 12.3 Å². The van der Waals surface area contributed by atoms with Crippen LogP contribution in [0.4, 0.5) is 0 Å². The fraction of sp³-hybridized carbons (Fsp3) is 0.786. The van der Waals surface area contributed by atoms with E-state index in [4.69, 9.17) is 4.74 Å². The van der Waals surface area contributed by atoms with Gasteiger partial charge in [-0.2, -0.15) is 0 Å². The second-order valence-electron chi connectivity index (χ2n) is 5.88. The van der Waals surface area contributed by atoms with Crippen molar-refractivity contribution < 1.29 is 14.6 Å². The summed E-state index contributed by atoms with van der Waals surface area (Å²) >= 11 is 0. The molecule has 6 nitrogen and oxygen atoms in total. The summed E-state index contributed by atoms with van der Waals surface area (Å²) < 4.78 is 6.86. The van der Waals surface area contributed by atoms with E-state index in [-0.39, 0.29) is 17.7 Å². The van der Waals surface area contributed by atoms with Gasteiger partial charge >= 0.3 is 5.97 Å². The van der Waals surface area contributed by atoms with Gasteiger partial charge in [0.15, 0.2) is 5.69 Å². The van der Waals surface area contributed by atoms with Crippen molar-refractivity contribution in [3.8, 4) is 0 Å². The molecule has 0 radical (unpaired) electrons. The van der Waals surface area contributed by atoms with Crippen LogP contribution in [0.25, 0.3) is 0 Å². The molecule has 0 aromatic carbocycles. The van der Waals surface area contributed by atoms with Crippen LogP contribution in [0.2, 0.25) is 0 Å². The zero-order valence-corrected chi connectivity index (χ0v) is 12.4. The van der Waals surface area contributed by atoms with E-state index < -0.39 is 12.1 Å². The van der Waals surface area contributed by atoms with E-state index >= 15 is 0 Å². The molecule has 1 saturated carbocycles. The quantitative estimate of drug-likeness (QED) is 0.853. The first-order valence-electron chi connectivity index (χ1n) is 7.27. The first-order valence-corrected chi connectivity index (χ1v) is 7.27. The second-order valence-corrected chi connectivity index (χ2v) is 5.88. The Bertz CT molecular complexity index is 470. The summed E-state index contributed by atoms with van der Waals surface area (Å²) in [5.41, 5.74) is 0.924. The van der Waals surface area contributed by atoms with Crippen LogP contribution in [0.1, 0.15) is 61.8 Å². The van der Waals surface area contributed by atoms with Gasteiger partial charge in [-0.3, -0.25) is 0 Å². The van der Waals surface area contributed by atoms with Crippen LogP contribution < -0.4 is 0 Å². The zero-order chi connectivity index (χ0) is 14.7. The summed E-state index contributed by atoms with van der Waals surface area (Å²) in [6.45, 7) is 6.13. The number of carbonyl (C=O) groups is 1. The highest BCUT2D eigenvalue weighted by atomic mass is 16.5. The minimum atomic E-state index is -0.437. The predicted molar refractivity (Wildman–Crippen MR) is 73.4 cm³/mol. The van der Waals surface area contributed by atoms with Gasteiger partial charge in [-0.1, -0.05) is 31.9 Å². The molecule has 20 heavy (non-hydrogen) atoms. The topological polar surface area (TPSA) is 77.2 Å². The Kier molecular flexibility index (Phi) is 4.75. The van der Waals surface area contributed by atoms with Gasteiger partial charge in [-0.05, 0) is 25.7 Å². The number of hydrogen-bond acceptors (Lipinski definition) is 5. The molecule has 0 spiro atoms. The van der Waals surface area contributed by atoms with E-state index in [1.54, 1.807) is 11.6 Å². The molecular formula is C14H23N3O3. The maximum absolute atomic E-state index is 11.9. The molecule has 6 heteroatoms. The first kappa shape index (κ1) is 15.0. The van der Waals surface area contributed by atoms with E-state index in [9.17, 15) is 9.90 Å². The van der Waals surface area contributed by atoms with Crippen molar-refractivity contribution >= 4 is 5.97 Å². The van der Waals surface area contributed by atoms with Crippen molar-refractivity contribution in [1.29, 1.82) is 0 Å². The molecule has 0 saturated heterocycles. The Balaban J connectivity index is 2.12. The average Bonchev–Trinajstić information content (AvgIpc) is 2.78. The van der Waals surface area contributed by atoms with Gasteiger partial charge in [-0.15, -0.1) is 5.10 Å². The summed E-state index contributed by atoms with van der Waals surface area (Å²) in [6, 6.07) is -0.0806. The summed E-state index contributed by atoms with van der Waals surface area (Å²) in [5, 5.41) is 18.0. The minimum absolute atomic E-state index is 0.0806. The van der Waals surface area contributed by atoms with Crippen molar-refractivity contribution in [2.45, 2.75) is 58.6 Å². The lowest BCUT2D eigenvalue weighted by atomic mass is 9.92. The van der Waals surface area contributed by atoms with Crippen LogP contribution in [0.3, 0.4) is 0 Å². The number of ether oxygens (including phenoxy) is 1. The lowest BCUT2D eigenvalue weighted by molar-refractivity contribution is 0.0449. The molecule has 1 aromatic rings. The number of esters is 1. The van der Waals surface area contributed by atoms with E-state index in [0.717, 1.165) is 25.7 Å². The Hall–Kier alpha value is -1.43. The standard InChI is InChI=1S/C14H23N3O3/c1-9(2)8-20-14(19)13-10(3)17(16-15-13)11-6-4-5-7-12(11)18/h9,11-12,18H,4-8H2,1-3H3. The van der Waals surface area contributed by atoms with Gasteiger partial charge in [0, 0.05) is 0 Å². The third kappa shape index (κ3) is 3.17. The van der Waals surface area contributed by atoms with Crippen molar-refractivity contribution in [2.75, 3.05) is 6.61 Å². The van der Waals surface area contributed by atoms with Crippen LogP contribution in [0.5, 0.6) is 0 Å². The molecule has 0 aliphatic heterocycles. The third-order valence-electron chi connectivity index (χ3n) is 3.68. The maximum atomic E-state index is 11.9. The van der Waals surface area contributed by atoms with Crippen LogP contribution in [0, 0.1) is 12.8 Å². The van der Waals surface area contributed by atoms with Crippen molar-refractivity contribution in [2.24, 2.45) is 5.92 Å². The van der Waals surface area contributed by atoms with Gasteiger partial charge in [-0.25, -0.2) is 9.48 Å². The van der Waals surface area contributed by atoms with Crippen LogP contribution in [-0.4, -0.2) is 38.8 Å². The number of rotatable bonds is 4. The molecule has 112 valence electrons. The average molecular weight is 281 g/mol. The van der Waals surface area contributed by atoms with Crippen LogP contribution in [0.15, 0.2) is 0 Å². The summed E-state index contributed by atoms with van der Waals surface area (Å²) in [4.78, 5) is 11.9. The van der Waals surface area contributed by atoms with E-state index in [2.05, 4.69) is 10.3 Å². The SMILES string of the molecule is Cc1c(C(=O)OCC(C)C)nnn1C1CCCCC1O. The molecule has 2 rings (SSSR count). The molecule has 1 heterocycles. The fourth-order valence-corrected chi connectivity index (χ4v) is 2.53. The van der Waals surface area contributed by atoms with Crippen molar-refractivity contribution in [3.05, 3.63) is 11.4 Å². The van der Waals surface area contributed by atoms with Crippen LogP contribution in [-0.2, 0) is 4.74 Å². The van der Waals surface area contributed by atoms with Gasteiger partial charge in [0.2, 0.25) is 0 Å². The normalized spacial score (nSPS) is 23.1.